The molecule has 130 valence electrons. The quantitative estimate of drug-likeness (QED) is 0.529. The first-order valence-corrected chi connectivity index (χ1v) is 7.15. The molecule has 0 spiro atoms. The first kappa shape index (κ1) is 19.4. The fraction of sp³-hybridized carbons (Fsp3) is 0.533. The summed E-state index contributed by atoms with van der Waals surface area (Å²) in [5.41, 5.74) is 6.53. The number of rotatable bonds is 7. The van der Waals surface area contributed by atoms with Crippen LogP contribution < -0.4 is 16.2 Å². The highest BCUT2D eigenvalue weighted by atomic mass is 19.4. The van der Waals surface area contributed by atoms with Gasteiger partial charge in [0.05, 0.1) is 6.61 Å². The van der Waals surface area contributed by atoms with Crippen molar-refractivity contribution >= 4 is 5.91 Å². The molecule has 1 amide bonds. The highest BCUT2D eigenvalue weighted by Gasteiger charge is 2.28. The van der Waals surface area contributed by atoms with Gasteiger partial charge in [0.25, 0.3) is 5.91 Å². The van der Waals surface area contributed by atoms with E-state index in [1.165, 1.54) is 0 Å². The first-order valence-electron chi connectivity index (χ1n) is 7.15. The van der Waals surface area contributed by atoms with Gasteiger partial charge in [0.15, 0.2) is 0 Å². The van der Waals surface area contributed by atoms with Crippen LogP contribution in [0.3, 0.4) is 0 Å². The Labute approximate surface area is 133 Å². The molecular weight excluding hydrogens is 311 g/mol. The number of amides is 1. The molecule has 1 aromatic rings. The molecule has 23 heavy (non-hydrogen) atoms. The Morgan fingerprint density at radius 3 is 2.22 bits per heavy atom. The molecule has 3 N–H and O–H groups in total. The number of nitrogens with one attached hydrogen (secondary N) is 3. The molecule has 0 radical (unpaired) electrons. The predicted octanol–water partition coefficient (Wildman–Crippen LogP) is 2.35. The van der Waals surface area contributed by atoms with Crippen LogP contribution in [0.1, 0.15) is 36.7 Å². The predicted molar refractivity (Wildman–Crippen MR) is 80.5 cm³/mol. The van der Waals surface area contributed by atoms with Crippen molar-refractivity contribution in [1.82, 2.24) is 16.2 Å². The number of hydrogen-bond acceptors (Lipinski definition) is 4. The Bertz CT molecular complexity index is 496. The van der Waals surface area contributed by atoms with Crippen molar-refractivity contribution in [2.24, 2.45) is 0 Å². The van der Waals surface area contributed by atoms with Crippen molar-refractivity contribution in [3.63, 3.8) is 0 Å². The van der Waals surface area contributed by atoms with Crippen LogP contribution in [0.2, 0.25) is 0 Å². The van der Waals surface area contributed by atoms with Crippen molar-refractivity contribution in [3.8, 4) is 0 Å². The van der Waals surface area contributed by atoms with Crippen LogP contribution in [0.25, 0.3) is 0 Å². The molecule has 0 atom stereocenters. The van der Waals surface area contributed by atoms with E-state index < -0.39 is 13.0 Å². The molecule has 0 bridgehead atoms. The fourth-order valence-corrected chi connectivity index (χ4v) is 1.66. The van der Waals surface area contributed by atoms with Crippen molar-refractivity contribution in [2.45, 2.75) is 39.2 Å². The molecule has 0 aliphatic carbocycles. The number of alkyl halides is 3. The second-order valence-electron chi connectivity index (χ2n) is 5.98. The van der Waals surface area contributed by atoms with Crippen LogP contribution in [-0.2, 0) is 11.3 Å². The Hall–Kier alpha value is -1.64. The molecule has 0 unspecified atom stereocenters. The molecule has 0 aromatic heterocycles. The van der Waals surface area contributed by atoms with Gasteiger partial charge in [-0.2, -0.15) is 0 Å². The van der Waals surface area contributed by atoms with Crippen molar-refractivity contribution in [3.05, 3.63) is 35.4 Å². The molecule has 0 saturated heterocycles. The SMILES string of the molecule is CC(C)(C)NC(=O)c1ccc(CNNCCOC(F)(F)F)cc1. The molecule has 0 fully saturated rings. The highest BCUT2D eigenvalue weighted by molar-refractivity contribution is 5.94. The van der Waals surface area contributed by atoms with Crippen molar-refractivity contribution in [1.29, 1.82) is 0 Å². The highest BCUT2D eigenvalue weighted by Crippen LogP contribution is 2.15. The average Bonchev–Trinajstić information content (AvgIpc) is 2.40. The Morgan fingerprint density at radius 1 is 1.09 bits per heavy atom. The van der Waals surface area contributed by atoms with Gasteiger partial charge >= 0.3 is 6.36 Å². The Kier molecular flexibility index (Phi) is 6.99. The summed E-state index contributed by atoms with van der Waals surface area (Å²) in [7, 11) is 0. The van der Waals surface area contributed by atoms with E-state index in [1.807, 2.05) is 20.8 Å². The van der Waals surface area contributed by atoms with E-state index in [9.17, 15) is 18.0 Å². The number of carbonyl (C=O) groups excluding carboxylic acids is 1. The molecule has 1 aromatic carbocycles. The number of carbonyl (C=O) groups is 1. The Balaban J connectivity index is 2.30. The maximum Gasteiger partial charge on any atom is 0.522 e. The van der Waals surface area contributed by atoms with Crippen LogP contribution in [0.5, 0.6) is 0 Å². The van der Waals surface area contributed by atoms with Gasteiger partial charge in [-0.1, -0.05) is 12.1 Å². The maximum absolute atomic E-state index is 11.9. The summed E-state index contributed by atoms with van der Waals surface area (Å²) in [5.74, 6) is -0.153. The van der Waals surface area contributed by atoms with E-state index >= 15 is 0 Å². The summed E-state index contributed by atoms with van der Waals surface area (Å²) in [6.45, 7) is 5.66. The summed E-state index contributed by atoms with van der Waals surface area (Å²) in [5, 5.41) is 2.86. The third-order valence-electron chi connectivity index (χ3n) is 2.61. The average molecular weight is 333 g/mol. The van der Waals surface area contributed by atoms with E-state index in [1.54, 1.807) is 24.3 Å². The second kappa shape index (κ2) is 8.28. The topological polar surface area (TPSA) is 62.4 Å². The third kappa shape index (κ3) is 9.17. The molecule has 0 aliphatic rings. The molecule has 0 heterocycles. The van der Waals surface area contributed by atoms with Gasteiger partial charge in [-0.25, -0.2) is 0 Å². The largest absolute Gasteiger partial charge is 0.522 e. The fourth-order valence-electron chi connectivity index (χ4n) is 1.66. The molecule has 0 aliphatic heterocycles. The monoisotopic (exact) mass is 333 g/mol. The molecule has 5 nitrogen and oxygen atoms in total. The van der Waals surface area contributed by atoms with E-state index in [0.29, 0.717) is 12.1 Å². The zero-order chi connectivity index (χ0) is 17.5. The minimum atomic E-state index is -4.61. The number of benzene rings is 1. The van der Waals surface area contributed by atoms with E-state index in [0.717, 1.165) is 5.56 Å². The van der Waals surface area contributed by atoms with E-state index in [-0.39, 0.29) is 18.0 Å². The maximum atomic E-state index is 11.9. The smallest absolute Gasteiger partial charge is 0.347 e. The van der Waals surface area contributed by atoms with Gasteiger partial charge in [0.2, 0.25) is 0 Å². The lowest BCUT2D eigenvalue weighted by atomic mass is 10.1. The van der Waals surface area contributed by atoms with Crippen molar-refractivity contribution < 1.29 is 22.7 Å². The van der Waals surface area contributed by atoms with Gasteiger partial charge in [-0.15, -0.1) is 13.2 Å². The standard InChI is InChI=1S/C15H22F3N3O2/c1-14(2,3)21-13(22)12-6-4-11(5-7-12)10-20-19-8-9-23-15(16,17)18/h4-7,19-20H,8-10H2,1-3H3,(H,21,22). The normalized spacial score (nSPS) is 12.3. The molecule has 1 rings (SSSR count). The summed E-state index contributed by atoms with van der Waals surface area (Å²) < 4.78 is 38.8. The lowest BCUT2D eigenvalue weighted by molar-refractivity contribution is -0.323. The lowest BCUT2D eigenvalue weighted by Crippen LogP contribution is -2.40. The third-order valence-corrected chi connectivity index (χ3v) is 2.61. The van der Waals surface area contributed by atoms with Gasteiger partial charge in [0.1, 0.15) is 0 Å². The summed E-state index contributed by atoms with van der Waals surface area (Å²) in [6, 6.07) is 6.95. The number of hydrazine groups is 1. The molecule has 0 saturated carbocycles. The summed E-state index contributed by atoms with van der Waals surface area (Å²) >= 11 is 0. The van der Waals surface area contributed by atoms with Gasteiger partial charge in [-0.05, 0) is 38.5 Å². The van der Waals surface area contributed by atoms with E-state index in [2.05, 4.69) is 20.9 Å². The van der Waals surface area contributed by atoms with Crippen LogP contribution in [0.15, 0.2) is 24.3 Å². The number of hydrogen-bond donors (Lipinski definition) is 3. The number of halogens is 3. The van der Waals surface area contributed by atoms with Gasteiger partial charge in [0, 0.05) is 24.2 Å². The van der Waals surface area contributed by atoms with Crippen LogP contribution in [0, 0.1) is 0 Å². The zero-order valence-electron chi connectivity index (χ0n) is 13.4. The Morgan fingerprint density at radius 2 is 1.70 bits per heavy atom. The van der Waals surface area contributed by atoms with Crippen LogP contribution in [0.4, 0.5) is 13.2 Å². The van der Waals surface area contributed by atoms with Gasteiger partial charge in [-0.3, -0.25) is 20.4 Å². The van der Waals surface area contributed by atoms with Crippen LogP contribution >= 0.6 is 0 Å². The summed E-state index contributed by atoms with van der Waals surface area (Å²) in [4.78, 5) is 11.9. The van der Waals surface area contributed by atoms with Crippen molar-refractivity contribution in [2.75, 3.05) is 13.2 Å². The molecular formula is C15H22F3N3O2. The number of ether oxygens (including phenoxy) is 1. The minimum Gasteiger partial charge on any atom is -0.347 e. The second-order valence-corrected chi connectivity index (χ2v) is 5.98. The minimum absolute atomic E-state index is 0.0194. The zero-order valence-corrected chi connectivity index (χ0v) is 13.4. The van der Waals surface area contributed by atoms with Crippen LogP contribution in [-0.4, -0.2) is 31.0 Å². The molecule has 8 heteroatoms. The summed E-state index contributed by atoms with van der Waals surface area (Å²) in [6.07, 6.45) is -4.61. The first-order chi connectivity index (χ1) is 10.6. The van der Waals surface area contributed by atoms with Gasteiger partial charge < -0.3 is 5.32 Å². The van der Waals surface area contributed by atoms with E-state index in [4.69, 9.17) is 0 Å². The lowest BCUT2D eigenvalue weighted by Gasteiger charge is -2.20.